The lowest BCUT2D eigenvalue weighted by molar-refractivity contribution is 0.995. The Labute approximate surface area is 88.3 Å². The summed E-state index contributed by atoms with van der Waals surface area (Å²) in [5.41, 5.74) is 16.2. The number of pyridine rings is 1. The van der Waals surface area contributed by atoms with Crippen LogP contribution in [0, 0.1) is 6.92 Å². The molecular weight excluding hydrogens is 190 g/mol. The molecule has 1 rings (SSSR count). The minimum atomic E-state index is 0.473. The van der Waals surface area contributed by atoms with E-state index in [1.807, 2.05) is 25.1 Å². The maximum atomic E-state index is 8.07. The standard InChI is InChI=1S/C10H13N5/c1-8-6-9(11)7-13-10(8)4-2-3-5-14-15-12/h2,4,6-7H,3,5,11H2,1H3. The predicted octanol–water partition coefficient (Wildman–Crippen LogP) is 2.69. The summed E-state index contributed by atoms with van der Waals surface area (Å²) in [6, 6.07) is 1.88. The fraction of sp³-hybridized carbons (Fsp3) is 0.300. The molecule has 1 aromatic rings. The maximum absolute atomic E-state index is 8.07. The zero-order chi connectivity index (χ0) is 11.1. The molecule has 0 aliphatic heterocycles. The van der Waals surface area contributed by atoms with Gasteiger partial charge in [0.05, 0.1) is 17.6 Å². The molecule has 5 nitrogen and oxygen atoms in total. The largest absolute Gasteiger partial charge is 0.397 e. The third kappa shape index (κ3) is 3.70. The second kappa shape index (κ2) is 5.67. The quantitative estimate of drug-likeness (QED) is 0.353. The molecule has 1 aromatic heterocycles. The van der Waals surface area contributed by atoms with E-state index in [0.29, 0.717) is 12.2 Å². The molecule has 0 atom stereocenters. The number of nitrogens with two attached hydrogens (primary N) is 1. The number of azide groups is 1. The second-order valence-corrected chi connectivity index (χ2v) is 3.12. The average Bonchev–Trinajstić information content (AvgIpc) is 2.20. The van der Waals surface area contributed by atoms with E-state index in [-0.39, 0.29) is 0 Å². The number of hydrogen-bond donors (Lipinski definition) is 1. The normalized spacial score (nSPS) is 10.2. The molecule has 0 spiro atoms. The molecule has 0 radical (unpaired) electrons. The molecule has 1 heterocycles. The first kappa shape index (κ1) is 11.1. The van der Waals surface area contributed by atoms with Crippen LogP contribution in [-0.2, 0) is 0 Å². The third-order valence-electron chi connectivity index (χ3n) is 1.87. The molecule has 0 saturated carbocycles. The summed E-state index contributed by atoms with van der Waals surface area (Å²) >= 11 is 0. The highest BCUT2D eigenvalue weighted by molar-refractivity contribution is 5.52. The first-order valence-electron chi connectivity index (χ1n) is 4.63. The Kier molecular flexibility index (Phi) is 4.19. The highest BCUT2D eigenvalue weighted by Gasteiger charge is 1.95. The van der Waals surface area contributed by atoms with Gasteiger partial charge in [0.2, 0.25) is 0 Å². The molecule has 0 aliphatic rings. The Morgan fingerprint density at radius 2 is 2.47 bits per heavy atom. The van der Waals surface area contributed by atoms with Gasteiger partial charge < -0.3 is 5.73 Å². The summed E-state index contributed by atoms with van der Waals surface area (Å²) in [5.74, 6) is 0. The molecular formula is C10H13N5. The summed E-state index contributed by atoms with van der Waals surface area (Å²) in [5, 5.41) is 3.43. The van der Waals surface area contributed by atoms with Crippen LogP contribution in [0.4, 0.5) is 5.69 Å². The van der Waals surface area contributed by atoms with Crippen LogP contribution >= 0.6 is 0 Å². The first-order valence-corrected chi connectivity index (χ1v) is 4.63. The van der Waals surface area contributed by atoms with Crippen molar-refractivity contribution in [1.82, 2.24) is 4.98 Å². The van der Waals surface area contributed by atoms with Crippen molar-refractivity contribution in [3.05, 3.63) is 40.0 Å². The number of aryl methyl sites for hydroxylation is 1. The van der Waals surface area contributed by atoms with E-state index >= 15 is 0 Å². The molecule has 0 bridgehead atoms. The van der Waals surface area contributed by atoms with Crippen molar-refractivity contribution in [2.45, 2.75) is 13.3 Å². The molecule has 0 aliphatic carbocycles. The summed E-state index contributed by atoms with van der Waals surface area (Å²) in [4.78, 5) is 6.85. The van der Waals surface area contributed by atoms with E-state index in [1.165, 1.54) is 0 Å². The Hall–Kier alpha value is -2.00. The zero-order valence-electron chi connectivity index (χ0n) is 8.59. The number of anilines is 1. The van der Waals surface area contributed by atoms with Crippen molar-refractivity contribution in [2.75, 3.05) is 12.3 Å². The zero-order valence-corrected chi connectivity index (χ0v) is 8.59. The Morgan fingerprint density at radius 1 is 1.67 bits per heavy atom. The van der Waals surface area contributed by atoms with Crippen molar-refractivity contribution in [1.29, 1.82) is 0 Å². The van der Waals surface area contributed by atoms with Gasteiger partial charge >= 0.3 is 0 Å². The molecule has 2 N–H and O–H groups in total. The van der Waals surface area contributed by atoms with Gasteiger partial charge in [0.15, 0.2) is 0 Å². The predicted molar refractivity (Wildman–Crippen MR) is 61.1 cm³/mol. The van der Waals surface area contributed by atoms with Gasteiger partial charge in [-0.05, 0) is 36.6 Å². The number of nitrogen functional groups attached to an aromatic ring is 1. The lowest BCUT2D eigenvalue weighted by atomic mass is 10.2. The molecule has 15 heavy (non-hydrogen) atoms. The summed E-state index contributed by atoms with van der Waals surface area (Å²) in [7, 11) is 0. The van der Waals surface area contributed by atoms with Crippen LogP contribution in [-0.4, -0.2) is 11.5 Å². The number of rotatable bonds is 4. The van der Waals surface area contributed by atoms with E-state index in [0.717, 1.165) is 17.7 Å². The van der Waals surface area contributed by atoms with Gasteiger partial charge in [0, 0.05) is 11.5 Å². The molecule has 0 fully saturated rings. The molecule has 78 valence electrons. The van der Waals surface area contributed by atoms with Crippen LogP contribution < -0.4 is 5.73 Å². The van der Waals surface area contributed by atoms with Crippen LogP contribution in [0.25, 0.3) is 16.5 Å². The van der Waals surface area contributed by atoms with Gasteiger partial charge in [-0.2, -0.15) is 0 Å². The fourth-order valence-electron chi connectivity index (χ4n) is 1.15. The van der Waals surface area contributed by atoms with Crippen molar-refractivity contribution in [2.24, 2.45) is 5.11 Å². The first-order chi connectivity index (χ1) is 7.24. The summed E-state index contributed by atoms with van der Waals surface area (Å²) in [6.45, 7) is 2.43. The van der Waals surface area contributed by atoms with Crippen molar-refractivity contribution in [3.63, 3.8) is 0 Å². The molecule has 0 saturated heterocycles. The van der Waals surface area contributed by atoms with Crippen molar-refractivity contribution in [3.8, 4) is 0 Å². The Morgan fingerprint density at radius 3 is 3.13 bits per heavy atom. The van der Waals surface area contributed by atoms with Gasteiger partial charge in [-0.25, -0.2) is 0 Å². The van der Waals surface area contributed by atoms with Crippen LogP contribution in [0.2, 0.25) is 0 Å². The lowest BCUT2D eigenvalue weighted by Gasteiger charge is -1.99. The van der Waals surface area contributed by atoms with Crippen LogP contribution in [0.1, 0.15) is 17.7 Å². The third-order valence-corrected chi connectivity index (χ3v) is 1.87. The fourth-order valence-corrected chi connectivity index (χ4v) is 1.15. The van der Waals surface area contributed by atoms with E-state index in [4.69, 9.17) is 11.3 Å². The smallest absolute Gasteiger partial charge is 0.0657 e. The van der Waals surface area contributed by atoms with Crippen LogP contribution in [0.15, 0.2) is 23.5 Å². The van der Waals surface area contributed by atoms with Gasteiger partial charge in [0.1, 0.15) is 0 Å². The lowest BCUT2D eigenvalue weighted by Crippen LogP contribution is -1.91. The van der Waals surface area contributed by atoms with Gasteiger partial charge in [0.25, 0.3) is 0 Å². The molecule has 0 aromatic carbocycles. The maximum Gasteiger partial charge on any atom is 0.0657 e. The number of aromatic nitrogens is 1. The van der Waals surface area contributed by atoms with Crippen LogP contribution in [0.3, 0.4) is 0 Å². The van der Waals surface area contributed by atoms with Crippen molar-refractivity contribution >= 4 is 11.8 Å². The monoisotopic (exact) mass is 203 g/mol. The topological polar surface area (TPSA) is 87.7 Å². The Balaban J connectivity index is 2.60. The van der Waals surface area contributed by atoms with E-state index < -0.39 is 0 Å². The molecule has 0 amide bonds. The highest BCUT2D eigenvalue weighted by Crippen LogP contribution is 2.10. The van der Waals surface area contributed by atoms with Gasteiger partial charge in [-0.3, -0.25) is 4.98 Å². The minimum absolute atomic E-state index is 0.473. The van der Waals surface area contributed by atoms with E-state index in [1.54, 1.807) is 6.20 Å². The van der Waals surface area contributed by atoms with E-state index in [9.17, 15) is 0 Å². The van der Waals surface area contributed by atoms with Crippen LogP contribution in [0.5, 0.6) is 0 Å². The van der Waals surface area contributed by atoms with E-state index in [2.05, 4.69) is 15.0 Å². The van der Waals surface area contributed by atoms with Gasteiger partial charge in [-0.15, -0.1) is 0 Å². The minimum Gasteiger partial charge on any atom is -0.397 e. The van der Waals surface area contributed by atoms with Crippen molar-refractivity contribution < 1.29 is 0 Å². The Bertz CT molecular complexity index is 404. The molecule has 5 heteroatoms. The summed E-state index contributed by atoms with van der Waals surface area (Å²) in [6.07, 6.45) is 6.18. The number of nitrogens with zero attached hydrogens (tertiary/aromatic N) is 4. The SMILES string of the molecule is Cc1cc(N)cnc1C=CCCN=[N+]=[N-]. The molecule has 0 unspecified atom stereocenters. The average molecular weight is 203 g/mol. The highest BCUT2D eigenvalue weighted by atomic mass is 15.1. The number of hydrogen-bond acceptors (Lipinski definition) is 3. The summed E-state index contributed by atoms with van der Waals surface area (Å²) < 4.78 is 0. The van der Waals surface area contributed by atoms with Gasteiger partial charge in [-0.1, -0.05) is 11.2 Å². The second-order valence-electron chi connectivity index (χ2n) is 3.12.